The zero-order chi connectivity index (χ0) is 14.8. The summed E-state index contributed by atoms with van der Waals surface area (Å²) in [4.78, 5) is 0. The molecular formula is C14H17ClFN3O. The molecule has 6 heteroatoms. The summed E-state index contributed by atoms with van der Waals surface area (Å²) in [7, 11) is 0. The standard InChI is InChI=1S/C14H17ClFN3O/c1-14(2,3)17-7-6-12-18-19-13(20-12)9-4-5-10(15)11(16)8-9/h4-5,8,17H,6-7H2,1-3H3. The molecule has 0 bridgehead atoms. The summed E-state index contributed by atoms with van der Waals surface area (Å²) in [6, 6.07) is 4.40. The van der Waals surface area contributed by atoms with Gasteiger partial charge in [0.2, 0.25) is 11.8 Å². The maximum absolute atomic E-state index is 13.4. The molecule has 1 aromatic heterocycles. The van der Waals surface area contributed by atoms with Gasteiger partial charge >= 0.3 is 0 Å². The number of nitrogens with zero attached hydrogens (tertiary/aromatic N) is 2. The quantitative estimate of drug-likeness (QED) is 0.939. The summed E-state index contributed by atoms with van der Waals surface area (Å²) in [6.07, 6.45) is 0.625. The van der Waals surface area contributed by atoms with Gasteiger partial charge in [0, 0.05) is 24.1 Å². The molecule has 0 saturated heterocycles. The zero-order valence-corrected chi connectivity index (χ0v) is 12.5. The van der Waals surface area contributed by atoms with E-state index < -0.39 is 5.82 Å². The molecule has 20 heavy (non-hydrogen) atoms. The third-order valence-corrected chi connectivity index (χ3v) is 2.93. The van der Waals surface area contributed by atoms with Gasteiger partial charge in [-0.15, -0.1) is 10.2 Å². The largest absolute Gasteiger partial charge is 0.421 e. The fraction of sp³-hybridized carbons (Fsp3) is 0.429. The average molecular weight is 298 g/mol. The van der Waals surface area contributed by atoms with E-state index in [4.69, 9.17) is 16.0 Å². The van der Waals surface area contributed by atoms with E-state index in [1.807, 2.05) is 0 Å². The number of aromatic nitrogens is 2. The summed E-state index contributed by atoms with van der Waals surface area (Å²) >= 11 is 5.63. The van der Waals surface area contributed by atoms with Crippen LogP contribution in [0, 0.1) is 5.82 Å². The Balaban J connectivity index is 2.03. The number of halogens is 2. The van der Waals surface area contributed by atoms with Crippen molar-refractivity contribution in [3.63, 3.8) is 0 Å². The van der Waals surface area contributed by atoms with E-state index in [0.29, 0.717) is 23.8 Å². The first-order valence-corrected chi connectivity index (χ1v) is 6.76. The van der Waals surface area contributed by atoms with Gasteiger partial charge in [-0.25, -0.2) is 4.39 Å². The number of nitrogens with one attached hydrogen (secondary N) is 1. The van der Waals surface area contributed by atoms with Crippen LogP contribution in [0.3, 0.4) is 0 Å². The minimum Gasteiger partial charge on any atom is -0.421 e. The van der Waals surface area contributed by atoms with Gasteiger partial charge in [0.25, 0.3) is 0 Å². The fourth-order valence-corrected chi connectivity index (χ4v) is 1.76. The maximum atomic E-state index is 13.4. The van der Waals surface area contributed by atoms with Gasteiger partial charge in [-0.1, -0.05) is 11.6 Å². The minimum atomic E-state index is -0.502. The Bertz CT molecular complexity index is 592. The van der Waals surface area contributed by atoms with E-state index in [2.05, 4.69) is 36.3 Å². The van der Waals surface area contributed by atoms with Crippen molar-refractivity contribution in [3.05, 3.63) is 34.9 Å². The Labute approximate surface area is 122 Å². The number of rotatable bonds is 4. The molecule has 1 heterocycles. The average Bonchev–Trinajstić information content (AvgIpc) is 2.80. The van der Waals surface area contributed by atoms with Crippen LogP contribution in [0.15, 0.2) is 22.6 Å². The Kier molecular flexibility index (Phi) is 4.40. The van der Waals surface area contributed by atoms with E-state index in [1.54, 1.807) is 6.07 Å². The van der Waals surface area contributed by atoms with Crippen LogP contribution in [0.25, 0.3) is 11.5 Å². The molecule has 2 rings (SSSR count). The molecule has 0 aliphatic rings. The molecule has 1 aromatic carbocycles. The lowest BCUT2D eigenvalue weighted by atomic mass is 10.1. The molecule has 0 aliphatic carbocycles. The van der Waals surface area contributed by atoms with Crippen molar-refractivity contribution in [1.29, 1.82) is 0 Å². The van der Waals surface area contributed by atoms with Crippen LogP contribution in [0.4, 0.5) is 4.39 Å². The van der Waals surface area contributed by atoms with Crippen molar-refractivity contribution in [2.45, 2.75) is 32.7 Å². The highest BCUT2D eigenvalue weighted by Gasteiger charge is 2.12. The minimum absolute atomic E-state index is 0.0438. The Morgan fingerprint density at radius 2 is 2.05 bits per heavy atom. The first-order chi connectivity index (χ1) is 9.35. The zero-order valence-electron chi connectivity index (χ0n) is 11.7. The van der Waals surface area contributed by atoms with Crippen LogP contribution in [-0.4, -0.2) is 22.3 Å². The second-order valence-electron chi connectivity index (χ2n) is 5.56. The Hall–Kier alpha value is -1.46. The molecule has 108 valence electrons. The van der Waals surface area contributed by atoms with E-state index in [1.165, 1.54) is 12.1 Å². The molecule has 1 N–H and O–H groups in total. The Morgan fingerprint density at radius 3 is 2.70 bits per heavy atom. The topological polar surface area (TPSA) is 51.0 Å². The van der Waals surface area contributed by atoms with Crippen molar-refractivity contribution in [2.75, 3.05) is 6.54 Å². The lowest BCUT2D eigenvalue weighted by Gasteiger charge is -2.19. The van der Waals surface area contributed by atoms with Crippen molar-refractivity contribution in [2.24, 2.45) is 0 Å². The summed E-state index contributed by atoms with van der Waals surface area (Å²) in [5, 5.41) is 11.3. The van der Waals surface area contributed by atoms with Crippen LogP contribution in [0.1, 0.15) is 26.7 Å². The molecular weight excluding hydrogens is 281 g/mol. The molecule has 0 unspecified atom stereocenters. The number of benzene rings is 1. The normalized spacial score (nSPS) is 11.8. The van der Waals surface area contributed by atoms with Crippen LogP contribution in [-0.2, 0) is 6.42 Å². The Morgan fingerprint density at radius 1 is 1.30 bits per heavy atom. The fourth-order valence-electron chi connectivity index (χ4n) is 1.64. The molecule has 0 atom stereocenters. The first kappa shape index (κ1) is 14.9. The third-order valence-electron chi connectivity index (χ3n) is 2.63. The van der Waals surface area contributed by atoms with Gasteiger partial charge in [0.1, 0.15) is 5.82 Å². The highest BCUT2D eigenvalue weighted by Crippen LogP contribution is 2.23. The molecule has 0 fully saturated rings. The third kappa shape index (κ3) is 4.02. The predicted molar refractivity (Wildman–Crippen MR) is 76.2 cm³/mol. The molecule has 4 nitrogen and oxygen atoms in total. The first-order valence-electron chi connectivity index (χ1n) is 6.38. The number of hydrogen-bond acceptors (Lipinski definition) is 4. The summed E-state index contributed by atoms with van der Waals surface area (Å²) in [5.74, 6) is 0.316. The van der Waals surface area contributed by atoms with Crippen LogP contribution in [0.2, 0.25) is 5.02 Å². The lowest BCUT2D eigenvalue weighted by molar-refractivity contribution is 0.411. The smallest absolute Gasteiger partial charge is 0.247 e. The molecule has 0 saturated carbocycles. The van der Waals surface area contributed by atoms with E-state index >= 15 is 0 Å². The van der Waals surface area contributed by atoms with Crippen LogP contribution >= 0.6 is 11.6 Å². The van der Waals surface area contributed by atoms with Crippen LogP contribution < -0.4 is 5.32 Å². The molecule has 0 amide bonds. The summed E-state index contributed by atoms with van der Waals surface area (Å²) < 4.78 is 18.9. The SMILES string of the molecule is CC(C)(C)NCCc1nnc(-c2ccc(Cl)c(F)c2)o1. The van der Waals surface area contributed by atoms with Gasteiger partial charge in [0.05, 0.1) is 5.02 Å². The van der Waals surface area contributed by atoms with E-state index in [9.17, 15) is 4.39 Å². The summed E-state index contributed by atoms with van der Waals surface area (Å²) in [5.41, 5.74) is 0.566. The molecule has 0 radical (unpaired) electrons. The van der Waals surface area contributed by atoms with Gasteiger partial charge in [0.15, 0.2) is 0 Å². The predicted octanol–water partition coefficient (Wildman–Crippen LogP) is 3.46. The van der Waals surface area contributed by atoms with E-state index in [0.717, 1.165) is 6.54 Å². The highest BCUT2D eigenvalue weighted by atomic mass is 35.5. The second-order valence-corrected chi connectivity index (χ2v) is 5.96. The van der Waals surface area contributed by atoms with Gasteiger partial charge in [-0.05, 0) is 39.0 Å². The van der Waals surface area contributed by atoms with Crippen molar-refractivity contribution in [1.82, 2.24) is 15.5 Å². The van der Waals surface area contributed by atoms with Crippen molar-refractivity contribution in [3.8, 4) is 11.5 Å². The molecule has 2 aromatic rings. The monoisotopic (exact) mass is 297 g/mol. The van der Waals surface area contributed by atoms with E-state index in [-0.39, 0.29) is 10.6 Å². The highest BCUT2D eigenvalue weighted by molar-refractivity contribution is 6.30. The number of hydrogen-bond donors (Lipinski definition) is 1. The second kappa shape index (κ2) is 5.89. The van der Waals surface area contributed by atoms with Gasteiger partial charge in [-0.2, -0.15) is 0 Å². The van der Waals surface area contributed by atoms with Crippen molar-refractivity contribution >= 4 is 11.6 Å². The molecule has 0 spiro atoms. The van der Waals surface area contributed by atoms with Gasteiger partial charge < -0.3 is 9.73 Å². The van der Waals surface area contributed by atoms with Gasteiger partial charge in [-0.3, -0.25) is 0 Å². The lowest BCUT2D eigenvalue weighted by Crippen LogP contribution is -2.37. The summed E-state index contributed by atoms with van der Waals surface area (Å²) in [6.45, 7) is 6.99. The molecule has 0 aliphatic heterocycles. The maximum Gasteiger partial charge on any atom is 0.247 e. The van der Waals surface area contributed by atoms with Crippen molar-refractivity contribution < 1.29 is 8.81 Å². The van der Waals surface area contributed by atoms with Crippen LogP contribution in [0.5, 0.6) is 0 Å².